The highest BCUT2D eigenvalue weighted by atomic mass is 19.2. The van der Waals surface area contributed by atoms with E-state index >= 15 is 0 Å². The van der Waals surface area contributed by atoms with Crippen molar-refractivity contribution in [3.05, 3.63) is 34.9 Å². The minimum Gasteiger partial charge on any atom is -0.321 e. The van der Waals surface area contributed by atoms with E-state index in [0.29, 0.717) is 19.3 Å². The molecule has 0 radical (unpaired) electrons. The molecule has 1 fully saturated rings. The lowest BCUT2D eigenvalue weighted by molar-refractivity contribution is 0.229. The van der Waals surface area contributed by atoms with Crippen LogP contribution < -0.4 is 5.73 Å². The Kier molecular flexibility index (Phi) is 2.22. The molecule has 0 heterocycles. The predicted octanol–water partition coefficient (Wildman–Crippen LogP) is 2.58. The molecule has 0 aromatic heterocycles. The van der Waals surface area contributed by atoms with Crippen molar-refractivity contribution in [1.29, 1.82) is 0 Å². The Morgan fingerprint density at radius 3 is 1.80 bits per heavy atom. The van der Waals surface area contributed by atoms with E-state index in [1.54, 1.807) is 0 Å². The molecule has 15 heavy (non-hydrogen) atoms. The van der Waals surface area contributed by atoms with Crippen LogP contribution >= 0.6 is 0 Å². The molecule has 0 saturated heterocycles. The van der Waals surface area contributed by atoms with E-state index in [-0.39, 0.29) is 6.07 Å². The van der Waals surface area contributed by atoms with Gasteiger partial charge in [0.25, 0.3) is 0 Å². The zero-order chi connectivity index (χ0) is 11.2. The molecule has 2 N–H and O–H groups in total. The molecule has 0 bridgehead atoms. The summed E-state index contributed by atoms with van der Waals surface area (Å²) in [4.78, 5) is 0. The standard InChI is InChI=1S/C10H9F4N/c11-5-4-6(12)9(14)7(8(5)13)10(15)2-1-3-10/h4H,1-3,15H2. The average molecular weight is 219 g/mol. The molecule has 0 atom stereocenters. The molecule has 1 aromatic carbocycles. The quantitative estimate of drug-likeness (QED) is 0.570. The van der Waals surface area contributed by atoms with Gasteiger partial charge in [0.1, 0.15) is 0 Å². The van der Waals surface area contributed by atoms with Gasteiger partial charge in [-0.3, -0.25) is 0 Å². The lowest BCUT2D eigenvalue weighted by atomic mass is 9.72. The van der Waals surface area contributed by atoms with Crippen LogP contribution in [0.2, 0.25) is 0 Å². The summed E-state index contributed by atoms with van der Waals surface area (Å²) in [7, 11) is 0. The van der Waals surface area contributed by atoms with E-state index in [2.05, 4.69) is 0 Å². The average Bonchev–Trinajstić information content (AvgIpc) is 2.12. The molecule has 1 aliphatic carbocycles. The van der Waals surface area contributed by atoms with E-state index in [0.717, 1.165) is 0 Å². The van der Waals surface area contributed by atoms with Crippen molar-refractivity contribution in [3.8, 4) is 0 Å². The largest absolute Gasteiger partial charge is 0.321 e. The van der Waals surface area contributed by atoms with Crippen LogP contribution in [0, 0.1) is 23.3 Å². The summed E-state index contributed by atoms with van der Waals surface area (Å²) >= 11 is 0. The fourth-order valence-corrected chi connectivity index (χ4v) is 1.82. The lowest BCUT2D eigenvalue weighted by Crippen LogP contribution is -2.45. The molecule has 0 unspecified atom stereocenters. The SMILES string of the molecule is NC1(c2c(F)c(F)cc(F)c2F)CCC1. The van der Waals surface area contributed by atoms with E-state index in [9.17, 15) is 17.6 Å². The summed E-state index contributed by atoms with van der Waals surface area (Å²) in [5, 5.41) is 0. The molecule has 1 aliphatic rings. The number of benzene rings is 1. The maximum absolute atomic E-state index is 13.3. The zero-order valence-corrected chi connectivity index (χ0v) is 7.79. The molecular formula is C10H9F4N. The second kappa shape index (κ2) is 3.20. The van der Waals surface area contributed by atoms with E-state index in [4.69, 9.17) is 5.73 Å². The van der Waals surface area contributed by atoms with Gasteiger partial charge in [0.15, 0.2) is 23.3 Å². The number of rotatable bonds is 1. The van der Waals surface area contributed by atoms with Gasteiger partial charge in [-0.15, -0.1) is 0 Å². The number of nitrogens with two attached hydrogens (primary N) is 1. The first-order valence-corrected chi connectivity index (χ1v) is 4.58. The van der Waals surface area contributed by atoms with E-state index in [1.807, 2.05) is 0 Å². The van der Waals surface area contributed by atoms with Crippen molar-refractivity contribution in [2.24, 2.45) is 5.73 Å². The number of hydrogen-bond acceptors (Lipinski definition) is 1. The Labute approximate surface area is 83.9 Å². The summed E-state index contributed by atoms with van der Waals surface area (Å²) in [5.41, 5.74) is 3.74. The van der Waals surface area contributed by atoms with Gasteiger partial charge >= 0.3 is 0 Å². The second-order valence-electron chi connectivity index (χ2n) is 3.85. The Morgan fingerprint density at radius 1 is 1.00 bits per heavy atom. The van der Waals surface area contributed by atoms with Crippen LogP contribution in [-0.4, -0.2) is 0 Å². The van der Waals surface area contributed by atoms with Gasteiger partial charge in [0.05, 0.1) is 0 Å². The third kappa shape index (κ3) is 1.42. The number of halogens is 4. The molecule has 0 spiro atoms. The molecule has 1 nitrogen and oxygen atoms in total. The normalized spacial score (nSPS) is 18.7. The smallest absolute Gasteiger partial charge is 0.167 e. The molecule has 2 rings (SSSR count). The Morgan fingerprint density at radius 2 is 1.47 bits per heavy atom. The van der Waals surface area contributed by atoms with Crippen molar-refractivity contribution < 1.29 is 17.6 Å². The highest BCUT2D eigenvalue weighted by Crippen LogP contribution is 2.41. The Balaban J connectivity index is 2.63. The summed E-state index contributed by atoms with van der Waals surface area (Å²) in [6.45, 7) is 0. The monoisotopic (exact) mass is 219 g/mol. The molecule has 5 heteroatoms. The topological polar surface area (TPSA) is 26.0 Å². The predicted molar refractivity (Wildman–Crippen MR) is 46.0 cm³/mol. The lowest BCUT2D eigenvalue weighted by Gasteiger charge is -2.38. The van der Waals surface area contributed by atoms with Crippen LogP contribution in [0.5, 0.6) is 0 Å². The minimum atomic E-state index is -1.40. The Hall–Kier alpha value is -1.10. The molecular weight excluding hydrogens is 210 g/mol. The minimum absolute atomic E-state index is 0.191. The summed E-state index contributed by atoms with van der Waals surface area (Å²) in [6, 6.07) is 0.191. The molecule has 82 valence electrons. The highest BCUT2D eigenvalue weighted by Gasteiger charge is 2.41. The van der Waals surface area contributed by atoms with Gasteiger partial charge in [0, 0.05) is 17.2 Å². The maximum atomic E-state index is 13.3. The van der Waals surface area contributed by atoms with Crippen molar-refractivity contribution in [1.82, 2.24) is 0 Å². The van der Waals surface area contributed by atoms with Crippen LogP contribution in [-0.2, 0) is 5.54 Å². The van der Waals surface area contributed by atoms with Gasteiger partial charge < -0.3 is 5.73 Å². The molecule has 0 aliphatic heterocycles. The van der Waals surface area contributed by atoms with Crippen LogP contribution in [0.15, 0.2) is 6.07 Å². The third-order valence-electron chi connectivity index (χ3n) is 2.86. The van der Waals surface area contributed by atoms with Crippen molar-refractivity contribution in [2.75, 3.05) is 0 Å². The van der Waals surface area contributed by atoms with E-state index in [1.165, 1.54) is 0 Å². The van der Waals surface area contributed by atoms with Gasteiger partial charge in [0.2, 0.25) is 0 Å². The van der Waals surface area contributed by atoms with Gasteiger partial charge in [-0.2, -0.15) is 0 Å². The van der Waals surface area contributed by atoms with Gasteiger partial charge in [-0.05, 0) is 19.3 Å². The highest BCUT2D eigenvalue weighted by molar-refractivity contribution is 5.31. The van der Waals surface area contributed by atoms with Crippen LogP contribution in [0.4, 0.5) is 17.6 Å². The van der Waals surface area contributed by atoms with E-state index < -0.39 is 34.4 Å². The summed E-state index contributed by atoms with van der Waals surface area (Å²) in [5.74, 6) is -5.56. The number of hydrogen-bond donors (Lipinski definition) is 1. The summed E-state index contributed by atoms with van der Waals surface area (Å²) < 4.78 is 52.3. The fourth-order valence-electron chi connectivity index (χ4n) is 1.82. The maximum Gasteiger partial charge on any atom is 0.167 e. The van der Waals surface area contributed by atoms with Gasteiger partial charge in [-0.1, -0.05) is 0 Å². The van der Waals surface area contributed by atoms with Crippen LogP contribution in [0.1, 0.15) is 24.8 Å². The Bertz CT molecular complexity index is 386. The second-order valence-corrected chi connectivity index (χ2v) is 3.85. The molecule has 0 amide bonds. The first-order valence-electron chi connectivity index (χ1n) is 4.58. The first-order chi connectivity index (χ1) is 6.96. The zero-order valence-electron chi connectivity index (χ0n) is 7.79. The van der Waals surface area contributed by atoms with Crippen molar-refractivity contribution in [2.45, 2.75) is 24.8 Å². The van der Waals surface area contributed by atoms with Crippen LogP contribution in [0.25, 0.3) is 0 Å². The third-order valence-corrected chi connectivity index (χ3v) is 2.86. The van der Waals surface area contributed by atoms with Crippen molar-refractivity contribution >= 4 is 0 Å². The first kappa shape index (κ1) is 10.4. The fraction of sp³-hybridized carbons (Fsp3) is 0.400. The van der Waals surface area contributed by atoms with Crippen LogP contribution in [0.3, 0.4) is 0 Å². The van der Waals surface area contributed by atoms with Crippen molar-refractivity contribution in [3.63, 3.8) is 0 Å². The molecule has 1 aromatic rings. The summed E-state index contributed by atoms with van der Waals surface area (Å²) in [6.07, 6.45) is 1.38. The van der Waals surface area contributed by atoms with Gasteiger partial charge in [-0.25, -0.2) is 17.6 Å². The molecule has 1 saturated carbocycles.